The molecule has 0 amide bonds. The summed E-state index contributed by atoms with van der Waals surface area (Å²) in [6.07, 6.45) is 6.60. The minimum Gasteiger partial charge on any atom is -0.334 e. The van der Waals surface area contributed by atoms with E-state index in [1.165, 1.54) is 42.0 Å². The molecule has 6 nitrogen and oxygen atoms in total. The lowest BCUT2D eigenvalue weighted by atomic mass is 9.84. The second-order valence-corrected chi connectivity index (χ2v) is 10.4. The molecule has 1 heterocycles. The minimum absolute atomic E-state index is 0.277. The molecule has 1 saturated carbocycles. The molecule has 3 aromatic rings. The Morgan fingerprint density at radius 3 is 2.52 bits per heavy atom. The predicted octanol–water partition coefficient (Wildman–Crippen LogP) is 4.96. The number of hydrogen-bond donors (Lipinski definition) is 0. The van der Waals surface area contributed by atoms with Crippen molar-refractivity contribution >= 4 is 10.0 Å². The standard InChI is InChI=1S/C24H29N3O3S/c1-18-7-6-10-21(17-18)24-25-23(26-30-24)15-16-27(2)31(28,29)22-13-11-20(12-14-22)19-8-4-3-5-9-19/h6-7,10-14,17,19H,3-5,8-9,15-16H2,1-2H3. The highest BCUT2D eigenvalue weighted by molar-refractivity contribution is 7.89. The van der Waals surface area contributed by atoms with Gasteiger partial charge in [0.25, 0.3) is 5.89 Å². The van der Waals surface area contributed by atoms with Crippen molar-refractivity contribution in [1.82, 2.24) is 14.4 Å². The first-order chi connectivity index (χ1) is 14.9. The zero-order chi connectivity index (χ0) is 21.8. The van der Waals surface area contributed by atoms with E-state index in [0.29, 0.717) is 28.9 Å². The number of benzene rings is 2. The SMILES string of the molecule is Cc1cccc(-c2nc(CCN(C)S(=O)(=O)c3ccc(C4CCCCC4)cc3)no2)c1. The lowest BCUT2D eigenvalue weighted by molar-refractivity contribution is 0.415. The molecule has 2 aromatic carbocycles. The van der Waals surface area contributed by atoms with Gasteiger partial charge in [0.05, 0.1) is 4.90 Å². The molecule has 0 atom stereocenters. The van der Waals surface area contributed by atoms with Gasteiger partial charge in [0.2, 0.25) is 10.0 Å². The van der Waals surface area contributed by atoms with Gasteiger partial charge < -0.3 is 4.52 Å². The highest BCUT2D eigenvalue weighted by Crippen LogP contribution is 2.33. The summed E-state index contributed by atoms with van der Waals surface area (Å²) < 4.78 is 32.6. The van der Waals surface area contributed by atoms with E-state index < -0.39 is 10.0 Å². The van der Waals surface area contributed by atoms with Gasteiger partial charge in [-0.2, -0.15) is 4.98 Å². The second kappa shape index (κ2) is 9.32. The summed E-state index contributed by atoms with van der Waals surface area (Å²) in [6.45, 7) is 2.28. The number of hydrogen-bond acceptors (Lipinski definition) is 5. The monoisotopic (exact) mass is 439 g/mol. The van der Waals surface area contributed by atoms with Crippen molar-refractivity contribution < 1.29 is 12.9 Å². The summed E-state index contributed by atoms with van der Waals surface area (Å²) in [4.78, 5) is 4.73. The fourth-order valence-corrected chi connectivity index (χ4v) is 5.33. The minimum atomic E-state index is -3.56. The van der Waals surface area contributed by atoms with E-state index in [2.05, 4.69) is 10.1 Å². The number of nitrogens with zero attached hydrogens (tertiary/aromatic N) is 3. The lowest BCUT2D eigenvalue weighted by Gasteiger charge is -2.22. The van der Waals surface area contributed by atoms with Crippen LogP contribution in [0.1, 0.15) is 55.0 Å². The summed E-state index contributed by atoms with van der Waals surface area (Å²) in [5, 5.41) is 4.00. The normalized spacial score (nSPS) is 15.5. The Balaban J connectivity index is 1.39. The largest absolute Gasteiger partial charge is 0.334 e. The van der Waals surface area contributed by atoms with Crippen molar-refractivity contribution in [1.29, 1.82) is 0 Å². The van der Waals surface area contributed by atoms with E-state index in [4.69, 9.17) is 4.52 Å². The van der Waals surface area contributed by atoms with Gasteiger partial charge in [-0.25, -0.2) is 12.7 Å². The second-order valence-electron chi connectivity index (χ2n) is 8.37. The molecule has 0 aliphatic heterocycles. The first-order valence-corrected chi connectivity index (χ1v) is 12.3. The molecule has 1 aromatic heterocycles. The molecule has 0 spiro atoms. The van der Waals surface area contributed by atoms with Crippen LogP contribution in [0.3, 0.4) is 0 Å². The van der Waals surface area contributed by atoms with Gasteiger partial charge in [-0.05, 0) is 55.5 Å². The molecule has 1 aliphatic rings. The lowest BCUT2D eigenvalue weighted by Crippen LogP contribution is -2.29. The van der Waals surface area contributed by atoms with Crippen LogP contribution in [0, 0.1) is 6.92 Å². The Morgan fingerprint density at radius 2 is 1.81 bits per heavy atom. The maximum atomic E-state index is 13.0. The molecule has 7 heteroatoms. The van der Waals surface area contributed by atoms with Crippen LogP contribution in [0.5, 0.6) is 0 Å². The van der Waals surface area contributed by atoms with Crippen molar-refractivity contribution in [2.45, 2.75) is 56.3 Å². The zero-order valence-electron chi connectivity index (χ0n) is 18.1. The van der Waals surface area contributed by atoms with Crippen molar-refractivity contribution in [2.24, 2.45) is 0 Å². The predicted molar refractivity (Wildman–Crippen MR) is 120 cm³/mol. The Bertz CT molecular complexity index is 1120. The number of rotatable bonds is 7. The van der Waals surface area contributed by atoms with Crippen LogP contribution in [0.25, 0.3) is 11.5 Å². The molecule has 0 unspecified atom stereocenters. The Kier molecular flexibility index (Phi) is 6.53. The highest BCUT2D eigenvalue weighted by Gasteiger charge is 2.22. The quantitative estimate of drug-likeness (QED) is 0.520. The van der Waals surface area contributed by atoms with E-state index in [1.807, 2.05) is 43.3 Å². The summed E-state index contributed by atoms with van der Waals surface area (Å²) in [5.74, 6) is 1.50. The van der Waals surface area contributed by atoms with Crippen LogP contribution in [0.15, 0.2) is 57.9 Å². The van der Waals surface area contributed by atoms with Gasteiger partial charge in [0, 0.05) is 25.6 Å². The van der Waals surface area contributed by atoms with Crippen LogP contribution in [-0.2, 0) is 16.4 Å². The van der Waals surface area contributed by atoms with Crippen molar-refractivity contribution in [3.63, 3.8) is 0 Å². The summed E-state index contributed by atoms with van der Waals surface area (Å²) in [5.41, 5.74) is 3.21. The van der Waals surface area contributed by atoms with Gasteiger partial charge in [-0.1, -0.05) is 54.2 Å². The molecule has 0 bridgehead atoms. The van der Waals surface area contributed by atoms with Crippen molar-refractivity contribution in [3.05, 3.63) is 65.5 Å². The Hall–Kier alpha value is -2.51. The molecule has 1 fully saturated rings. The van der Waals surface area contributed by atoms with Crippen molar-refractivity contribution in [3.8, 4) is 11.5 Å². The van der Waals surface area contributed by atoms with Gasteiger partial charge in [0.1, 0.15) is 0 Å². The maximum Gasteiger partial charge on any atom is 0.257 e. The van der Waals surface area contributed by atoms with Crippen molar-refractivity contribution in [2.75, 3.05) is 13.6 Å². The van der Waals surface area contributed by atoms with E-state index in [1.54, 1.807) is 19.2 Å². The molecule has 31 heavy (non-hydrogen) atoms. The third-order valence-corrected chi connectivity index (χ3v) is 7.92. The fourth-order valence-electron chi connectivity index (χ4n) is 4.16. The zero-order valence-corrected chi connectivity index (χ0v) is 18.9. The van der Waals surface area contributed by atoms with Crippen LogP contribution >= 0.6 is 0 Å². The summed E-state index contributed by atoms with van der Waals surface area (Å²) in [6, 6.07) is 15.3. The highest BCUT2D eigenvalue weighted by atomic mass is 32.2. The van der Waals surface area contributed by atoms with Gasteiger partial charge >= 0.3 is 0 Å². The Labute approximate surface area is 184 Å². The Morgan fingerprint density at radius 1 is 1.06 bits per heavy atom. The molecular formula is C24H29N3O3S. The van der Waals surface area contributed by atoms with Crippen LogP contribution < -0.4 is 0 Å². The molecule has 164 valence electrons. The molecular weight excluding hydrogens is 410 g/mol. The van der Waals surface area contributed by atoms with E-state index in [0.717, 1.165) is 11.1 Å². The van der Waals surface area contributed by atoms with Crippen LogP contribution in [-0.4, -0.2) is 36.5 Å². The first-order valence-electron chi connectivity index (χ1n) is 10.9. The molecule has 4 rings (SSSR count). The number of aromatic nitrogens is 2. The average Bonchev–Trinajstić information content (AvgIpc) is 3.27. The van der Waals surface area contributed by atoms with Gasteiger partial charge in [0.15, 0.2) is 5.82 Å². The third kappa shape index (κ3) is 5.05. The average molecular weight is 440 g/mol. The molecule has 0 saturated heterocycles. The topological polar surface area (TPSA) is 76.3 Å². The first kappa shape index (κ1) is 21.7. The summed E-state index contributed by atoms with van der Waals surface area (Å²) >= 11 is 0. The van der Waals surface area contributed by atoms with Crippen LogP contribution in [0.4, 0.5) is 0 Å². The molecule has 1 aliphatic carbocycles. The van der Waals surface area contributed by atoms with E-state index in [9.17, 15) is 8.42 Å². The summed E-state index contributed by atoms with van der Waals surface area (Å²) in [7, 11) is -1.97. The van der Waals surface area contributed by atoms with Crippen LogP contribution in [0.2, 0.25) is 0 Å². The maximum absolute atomic E-state index is 13.0. The van der Waals surface area contributed by atoms with Gasteiger partial charge in [-0.3, -0.25) is 0 Å². The molecule has 0 radical (unpaired) electrons. The number of sulfonamides is 1. The molecule has 0 N–H and O–H groups in total. The number of likely N-dealkylation sites (N-methyl/N-ethyl adjacent to an activating group) is 1. The van der Waals surface area contributed by atoms with E-state index >= 15 is 0 Å². The fraction of sp³-hybridized carbons (Fsp3) is 0.417. The number of aryl methyl sites for hydroxylation is 1. The third-order valence-electron chi connectivity index (χ3n) is 6.05. The van der Waals surface area contributed by atoms with E-state index in [-0.39, 0.29) is 6.54 Å². The van der Waals surface area contributed by atoms with Gasteiger partial charge in [-0.15, -0.1) is 0 Å². The smallest absolute Gasteiger partial charge is 0.257 e.